The Morgan fingerprint density at radius 2 is 2.19 bits per heavy atom. The minimum absolute atomic E-state index is 0.249. The molecule has 1 aromatic rings. The number of aryl methyl sites for hydroxylation is 1. The molecule has 0 radical (unpaired) electrons. The van der Waals surface area contributed by atoms with E-state index in [1.807, 2.05) is 6.92 Å². The van der Waals surface area contributed by atoms with Gasteiger partial charge in [0.25, 0.3) is 12.3 Å². The second kappa shape index (κ2) is 10.0. The molecule has 0 aliphatic carbocycles. The Kier molecular flexibility index (Phi) is 8.39. The van der Waals surface area contributed by atoms with Crippen LogP contribution in [0.15, 0.2) is 11.1 Å². The number of nitrogens with zero attached hydrogens (tertiary/aromatic N) is 3. The Hall–Kier alpha value is -2.27. The van der Waals surface area contributed by atoms with E-state index in [1.165, 1.54) is 0 Å². The van der Waals surface area contributed by atoms with Gasteiger partial charge in [-0.15, -0.1) is 0 Å². The van der Waals surface area contributed by atoms with Crippen molar-refractivity contribution in [3.05, 3.63) is 22.8 Å². The second-order valence-electron chi connectivity index (χ2n) is 5.50. The van der Waals surface area contributed by atoms with Gasteiger partial charge in [-0.25, -0.2) is 9.38 Å². The first-order valence-electron chi connectivity index (χ1n) is 7.89. The lowest BCUT2D eigenvalue weighted by molar-refractivity contribution is -0.130. The van der Waals surface area contributed by atoms with Crippen molar-refractivity contribution < 1.29 is 23.2 Å². The standard InChI is InChI=1S/C16H22FN4O4P/c1-5-10-7-13(20-16(22)15(17)25-26(23)24)11(6-2)12(8-18)14(10)19-9-21(3)4/h7,9,15,26H,5-6H2,1-4H3,(H,20,22)(H,23,24). The lowest BCUT2D eigenvalue weighted by Crippen LogP contribution is -2.25. The van der Waals surface area contributed by atoms with Gasteiger partial charge in [-0.2, -0.15) is 5.26 Å². The van der Waals surface area contributed by atoms with Crippen molar-refractivity contribution in [2.24, 2.45) is 4.99 Å². The zero-order valence-electron chi connectivity index (χ0n) is 15.0. The molecule has 0 aliphatic rings. The number of hydrogen-bond donors (Lipinski definition) is 2. The molecule has 1 aromatic carbocycles. The van der Waals surface area contributed by atoms with Crippen LogP contribution in [0.25, 0.3) is 0 Å². The van der Waals surface area contributed by atoms with Crippen molar-refractivity contribution >= 4 is 31.9 Å². The van der Waals surface area contributed by atoms with Crippen LogP contribution in [0.4, 0.5) is 15.8 Å². The monoisotopic (exact) mass is 384 g/mol. The third-order valence-corrected chi connectivity index (χ3v) is 3.83. The van der Waals surface area contributed by atoms with E-state index in [0.29, 0.717) is 29.7 Å². The van der Waals surface area contributed by atoms with E-state index in [1.54, 1.807) is 38.3 Å². The fourth-order valence-electron chi connectivity index (χ4n) is 2.29. The highest BCUT2D eigenvalue weighted by Crippen LogP contribution is 2.34. The van der Waals surface area contributed by atoms with Crippen LogP contribution >= 0.6 is 8.25 Å². The van der Waals surface area contributed by atoms with Gasteiger partial charge in [-0.05, 0) is 30.0 Å². The number of carbonyl (C=O) groups excluding carboxylic acids is 1. The van der Waals surface area contributed by atoms with E-state index in [0.717, 1.165) is 0 Å². The number of alkyl halides is 1. The van der Waals surface area contributed by atoms with Crippen molar-refractivity contribution in [3.63, 3.8) is 0 Å². The van der Waals surface area contributed by atoms with Crippen molar-refractivity contribution in [1.29, 1.82) is 5.26 Å². The van der Waals surface area contributed by atoms with Gasteiger partial charge in [-0.3, -0.25) is 13.9 Å². The van der Waals surface area contributed by atoms with Gasteiger partial charge in [-0.1, -0.05) is 13.8 Å². The highest BCUT2D eigenvalue weighted by molar-refractivity contribution is 7.32. The lowest BCUT2D eigenvalue weighted by Gasteiger charge is -2.17. The van der Waals surface area contributed by atoms with Crippen LogP contribution in [0.1, 0.15) is 30.5 Å². The normalized spacial score (nSPS) is 13.3. The van der Waals surface area contributed by atoms with Crippen LogP contribution in [-0.2, 0) is 26.7 Å². The molecule has 2 unspecified atom stereocenters. The molecule has 0 saturated carbocycles. The smallest absolute Gasteiger partial charge is 0.319 e. The highest BCUT2D eigenvalue weighted by atomic mass is 31.1. The third-order valence-electron chi connectivity index (χ3n) is 3.42. The number of anilines is 1. The molecule has 0 spiro atoms. The first-order chi connectivity index (χ1) is 12.2. The van der Waals surface area contributed by atoms with Crippen LogP contribution in [0, 0.1) is 11.3 Å². The predicted octanol–water partition coefficient (Wildman–Crippen LogP) is 2.54. The molecule has 0 fully saturated rings. The van der Waals surface area contributed by atoms with Crippen LogP contribution in [0.5, 0.6) is 0 Å². The van der Waals surface area contributed by atoms with E-state index in [9.17, 15) is 19.0 Å². The minimum Gasteiger partial charge on any atom is -0.369 e. The van der Waals surface area contributed by atoms with E-state index in [4.69, 9.17) is 4.89 Å². The number of rotatable bonds is 8. The zero-order valence-corrected chi connectivity index (χ0v) is 16.0. The second-order valence-corrected chi connectivity index (χ2v) is 6.27. The molecular formula is C16H22FN4O4P. The maximum Gasteiger partial charge on any atom is 0.319 e. The van der Waals surface area contributed by atoms with Crippen LogP contribution in [0.3, 0.4) is 0 Å². The summed E-state index contributed by atoms with van der Waals surface area (Å²) >= 11 is 0. The summed E-state index contributed by atoms with van der Waals surface area (Å²) in [5, 5.41) is 11.9. The number of benzene rings is 1. The van der Waals surface area contributed by atoms with E-state index in [2.05, 4.69) is 20.9 Å². The number of carbonyl (C=O) groups is 1. The van der Waals surface area contributed by atoms with Gasteiger partial charge in [0.05, 0.1) is 17.6 Å². The summed E-state index contributed by atoms with van der Waals surface area (Å²) in [5.41, 5.74) is 2.21. The summed E-state index contributed by atoms with van der Waals surface area (Å²) in [6.07, 6.45) is -0.0985. The molecule has 1 rings (SSSR count). The summed E-state index contributed by atoms with van der Waals surface area (Å²) < 4.78 is 28.1. The van der Waals surface area contributed by atoms with Gasteiger partial charge in [0.1, 0.15) is 6.07 Å². The van der Waals surface area contributed by atoms with Gasteiger partial charge in [0.2, 0.25) is 0 Å². The lowest BCUT2D eigenvalue weighted by atomic mass is 9.96. The summed E-state index contributed by atoms with van der Waals surface area (Å²) in [7, 11) is -0.00142. The Morgan fingerprint density at radius 1 is 1.54 bits per heavy atom. The van der Waals surface area contributed by atoms with Gasteiger partial charge in [0.15, 0.2) is 0 Å². The number of nitrogens with one attached hydrogen (secondary N) is 1. The van der Waals surface area contributed by atoms with Crippen LogP contribution in [-0.4, -0.2) is 42.5 Å². The van der Waals surface area contributed by atoms with Crippen molar-refractivity contribution in [2.45, 2.75) is 33.0 Å². The van der Waals surface area contributed by atoms with Crippen LogP contribution < -0.4 is 5.32 Å². The number of amides is 1. The van der Waals surface area contributed by atoms with Crippen LogP contribution in [0.2, 0.25) is 0 Å². The summed E-state index contributed by atoms with van der Waals surface area (Å²) in [6, 6.07) is 3.71. The average molecular weight is 384 g/mol. The summed E-state index contributed by atoms with van der Waals surface area (Å²) in [5.74, 6) is -1.22. The van der Waals surface area contributed by atoms with Gasteiger partial charge < -0.3 is 15.1 Å². The maximum absolute atomic E-state index is 13.6. The molecule has 0 aliphatic heterocycles. The molecule has 10 heteroatoms. The SMILES string of the molecule is CCc1cc(NC(=O)C(F)O[PH](=O)O)c(CC)c(C#N)c1N=CN(C)C. The Bertz CT molecular complexity index is 762. The van der Waals surface area contributed by atoms with Crippen molar-refractivity contribution in [2.75, 3.05) is 19.4 Å². The quantitative estimate of drug-likeness (QED) is 0.404. The molecule has 1 amide bonds. The molecule has 2 atom stereocenters. The predicted molar refractivity (Wildman–Crippen MR) is 97.6 cm³/mol. The summed E-state index contributed by atoms with van der Waals surface area (Å²) in [6.45, 7) is 3.65. The Morgan fingerprint density at radius 3 is 2.65 bits per heavy atom. The van der Waals surface area contributed by atoms with E-state index >= 15 is 0 Å². The molecular weight excluding hydrogens is 362 g/mol. The largest absolute Gasteiger partial charge is 0.369 e. The topological polar surface area (TPSA) is 115 Å². The van der Waals surface area contributed by atoms with Gasteiger partial charge in [0, 0.05) is 19.8 Å². The fraction of sp³-hybridized carbons (Fsp3) is 0.438. The van der Waals surface area contributed by atoms with Crippen molar-refractivity contribution in [1.82, 2.24) is 4.90 Å². The van der Waals surface area contributed by atoms with E-state index < -0.39 is 20.5 Å². The number of nitriles is 1. The highest BCUT2D eigenvalue weighted by Gasteiger charge is 2.23. The first kappa shape index (κ1) is 21.8. The van der Waals surface area contributed by atoms with Crippen molar-refractivity contribution in [3.8, 4) is 6.07 Å². The maximum atomic E-state index is 13.6. The Labute approximate surface area is 152 Å². The molecule has 8 nitrogen and oxygen atoms in total. The average Bonchev–Trinajstić information content (AvgIpc) is 2.58. The third kappa shape index (κ3) is 5.63. The molecule has 0 aromatic heterocycles. The molecule has 2 N–H and O–H groups in total. The Balaban J connectivity index is 3.40. The molecule has 0 heterocycles. The fourth-order valence-corrected chi connectivity index (χ4v) is 2.57. The number of halogens is 1. The zero-order chi connectivity index (χ0) is 19.9. The number of aliphatic imine (C=N–C) groups is 1. The molecule has 142 valence electrons. The molecule has 0 saturated heterocycles. The first-order valence-corrected chi connectivity index (χ1v) is 9.15. The minimum atomic E-state index is -3.59. The number of hydrogen-bond acceptors (Lipinski definition) is 5. The molecule has 0 bridgehead atoms. The summed E-state index contributed by atoms with van der Waals surface area (Å²) in [4.78, 5) is 26.5. The molecule has 26 heavy (non-hydrogen) atoms. The van der Waals surface area contributed by atoms with E-state index in [-0.39, 0.29) is 11.3 Å². The van der Waals surface area contributed by atoms with Gasteiger partial charge >= 0.3 is 8.25 Å².